The Bertz CT molecular complexity index is 1050. The van der Waals surface area contributed by atoms with Gasteiger partial charge in [-0.3, -0.25) is 14.5 Å². The summed E-state index contributed by atoms with van der Waals surface area (Å²) in [7, 11) is 0. The second-order valence-electron chi connectivity index (χ2n) is 6.15. The number of amides is 2. The summed E-state index contributed by atoms with van der Waals surface area (Å²) in [6, 6.07) is 9.65. The first-order valence-corrected chi connectivity index (χ1v) is 10.8. The van der Waals surface area contributed by atoms with Gasteiger partial charge in [0.2, 0.25) is 0 Å². The van der Waals surface area contributed by atoms with Gasteiger partial charge in [-0.15, -0.1) is 6.42 Å². The van der Waals surface area contributed by atoms with Crippen molar-refractivity contribution in [2.75, 3.05) is 13.2 Å². The van der Waals surface area contributed by atoms with Gasteiger partial charge >= 0.3 is 0 Å². The number of carbonyl (C=O) groups is 2. The number of nitrogens with zero attached hydrogens (tertiary/aromatic N) is 1. The number of benzene rings is 2. The van der Waals surface area contributed by atoms with Crippen LogP contribution in [0.25, 0.3) is 6.08 Å². The first kappa shape index (κ1) is 22.2. The lowest BCUT2D eigenvalue weighted by Gasteiger charge is -2.15. The smallest absolute Gasteiger partial charge is 0.294 e. The molecule has 0 bridgehead atoms. The molecule has 1 aliphatic rings. The number of hydrogen-bond acceptors (Lipinski definition) is 5. The molecule has 0 N–H and O–H groups in total. The zero-order valence-corrected chi connectivity index (χ0v) is 19.0. The zero-order chi connectivity index (χ0) is 21.7. The maximum Gasteiger partial charge on any atom is 0.294 e. The first-order valence-electron chi connectivity index (χ1n) is 8.95. The van der Waals surface area contributed by atoms with E-state index < -0.39 is 5.91 Å². The molecule has 5 nitrogen and oxygen atoms in total. The van der Waals surface area contributed by atoms with Crippen LogP contribution >= 0.6 is 34.4 Å². The molecule has 2 aromatic rings. The fourth-order valence-corrected chi connectivity index (χ4v) is 4.31. The quantitative estimate of drug-likeness (QED) is 0.280. The first-order chi connectivity index (χ1) is 14.4. The van der Waals surface area contributed by atoms with Crippen LogP contribution in [0.15, 0.2) is 41.3 Å². The highest BCUT2D eigenvalue weighted by Gasteiger charge is 2.34. The Morgan fingerprint density at radius 2 is 1.97 bits per heavy atom. The fourth-order valence-electron chi connectivity index (χ4n) is 2.69. The third kappa shape index (κ3) is 5.15. The van der Waals surface area contributed by atoms with Gasteiger partial charge in [-0.2, -0.15) is 0 Å². The third-order valence-corrected chi connectivity index (χ3v) is 5.76. The topological polar surface area (TPSA) is 55.8 Å². The molecule has 0 saturated carbocycles. The van der Waals surface area contributed by atoms with Crippen molar-refractivity contribution in [3.05, 3.63) is 61.8 Å². The van der Waals surface area contributed by atoms with Gasteiger partial charge in [0.1, 0.15) is 12.4 Å². The zero-order valence-electron chi connectivity index (χ0n) is 16.0. The van der Waals surface area contributed by atoms with Crippen molar-refractivity contribution >= 4 is 51.6 Å². The van der Waals surface area contributed by atoms with Crippen LogP contribution in [0, 0.1) is 21.7 Å². The minimum atomic E-state index is -0.410. The van der Waals surface area contributed by atoms with Crippen LogP contribution in [-0.2, 0) is 11.4 Å². The molecule has 1 saturated heterocycles. The average molecular weight is 537 g/mol. The van der Waals surface area contributed by atoms with Crippen LogP contribution in [0.5, 0.6) is 11.5 Å². The van der Waals surface area contributed by atoms with E-state index in [2.05, 4.69) is 28.5 Å². The van der Waals surface area contributed by atoms with Gasteiger partial charge in [0.05, 0.1) is 21.6 Å². The van der Waals surface area contributed by atoms with E-state index in [-0.39, 0.29) is 24.2 Å². The van der Waals surface area contributed by atoms with E-state index in [9.17, 15) is 14.0 Å². The molecule has 1 aliphatic heterocycles. The fraction of sp³-hybridized carbons (Fsp3) is 0.182. The lowest BCUT2D eigenvalue weighted by molar-refractivity contribution is -0.122. The maximum atomic E-state index is 13.1. The molecule has 2 amide bonds. The Kier molecular flexibility index (Phi) is 7.39. The monoisotopic (exact) mass is 537 g/mol. The van der Waals surface area contributed by atoms with Gasteiger partial charge < -0.3 is 9.47 Å². The summed E-state index contributed by atoms with van der Waals surface area (Å²) in [5.41, 5.74) is 1.52. The van der Waals surface area contributed by atoms with Gasteiger partial charge in [-0.1, -0.05) is 18.1 Å². The number of rotatable bonds is 7. The van der Waals surface area contributed by atoms with Gasteiger partial charge in [-0.25, -0.2) is 4.39 Å². The normalized spacial score (nSPS) is 14.9. The van der Waals surface area contributed by atoms with E-state index in [1.54, 1.807) is 24.3 Å². The van der Waals surface area contributed by atoms with Gasteiger partial charge in [0, 0.05) is 0 Å². The maximum absolute atomic E-state index is 13.1. The summed E-state index contributed by atoms with van der Waals surface area (Å²) < 4.78 is 25.5. The lowest BCUT2D eigenvalue weighted by atomic mass is 10.1. The lowest BCUT2D eigenvalue weighted by Crippen LogP contribution is -2.28. The molecule has 1 fully saturated rings. The Hall–Kier alpha value is -2.51. The number of imide groups is 1. The Labute approximate surface area is 191 Å². The molecule has 0 aliphatic carbocycles. The molecule has 0 aromatic heterocycles. The second kappa shape index (κ2) is 10.00. The van der Waals surface area contributed by atoms with E-state index >= 15 is 0 Å². The van der Waals surface area contributed by atoms with E-state index in [4.69, 9.17) is 15.9 Å². The highest BCUT2D eigenvalue weighted by Crippen LogP contribution is 2.37. The van der Waals surface area contributed by atoms with Crippen LogP contribution in [0.4, 0.5) is 9.18 Å². The Morgan fingerprint density at radius 3 is 2.63 bits per heavy atom. The molecular weight excluding hydrogens is 520 g/mol. The molecule has 3 rings (SSSR count). The van der Waals surface area contributed by atoms with Crippen LogP contribution in [0.3, 0.4) is 0 Å². The molecule has 2 aromatic carbocycles. The number of hydrogen-bond donors (Lipinski definition) is 0. The second-order valence-corrected chi connectivity index (χ2v) is 8.31. The number of halogens is 2. The molecule has 0 spiro atoms. The summed E-state index contributed by atoms with van der Waals surface area (Å²) in [5.74, 6) is 2.67. The van der Waals surface area contributed by atoms with Crippen LogP contribution < -0.4 is 9.47 Å². The average Bonchev–Trinajstić information content (AvgIpc) is 2.97. The van der Waals surface area contributed by atoms with Crippen molar-refractivity contribution in [2.24, 2.45) is 0 Å². The van der Waals surface area contributed by atoms with Crippen molar-refractivity contribution < 1.29 is 23.5 Å². The molecule has 8 heteroatoms. The molecule has 1 heterocycles. The predicted molar refractivity (Wildman–Crippen MR) is 123 cm³/mol. The molecular formula is C22H17FINO4S. The van der Waals surface area contributed by atoms with Crippen molar-refractivity contribution in [2.45, 2.75) is 13.5 Å². The largest absolute Gasteiger partial charge is 0.490 e. The van der Waals surface area contributed by atoms with Crippen LogP contribution in [0.1, 0.15) is 18.1 Å². The van der Waals surface area contributed by atoms with Gasteiger partial charge in [0.25, 0.3) is 11.1 Å². The predicted octanol–water partition coefficient (Wildman–Crippen LogP) is 5.08. The molecule has 0 atom stereocenters. The molecule has 30 heavy (non-hydrogen) atoms. The van der Waals surface area contributed by atoms with E-state index in [0.717, 1.165) is 25.8 Å². The summed E-state index contributed by atoms with van der Waals surface area (Å²) in [5, 5.41) is -0.386. The van der Waals surface area contributed by atoms with Crippen molar-refractivity contribution in [1.29, 1.82) is 0 Å². The third-order valence-electron chi connectivity index (χ3n) is 4.05. The highest BCUT2D eigenvalue weighted by molar-refractivity contribution is 14.1. The Morgan fingerprint density at radius 1 is 1.23 bits per heavy atom. The van der Waals surface area contributed by atoms with Crippen molar-refractivity contribution in [3.8, 4) is 23.8 Å². The SMILES string of the molecule is C#CCN1C(=O)S/C(=C/c2cc(I)c(OCc3ccc(F)cc3)c(OCC)c2)C1=O. The number of terminal acetylenes is 1. The number of thioether (sulfide) groups is 1. The van der Waals surface area contributed by atoms with E-state index in [0.29, 0.717) is 28.6 Å². The highest BCUT2D eigenvalue weighted by atomic mass is 127. The molecule has 0 unspecified atom stereocenters. The minimum absolute atomic E-state index is 0.0557. The molecule has 0 radical (unpaired) electrons. The summed E-state index contributed by atoms with van der Waals surface area (Å²) >= 11 is 2.98. The summed E-state index contributed by atoms with van der Waals surface area (Å²) in [4.78, 5) is 25.7. The van der Waals surface area contributed by atoms with Crippen LogP contribution in [0.2, 0.25) is 0 Å². The Balaban J connectivity index is 1.86. The molecule has 154 valence electrons. The van der Waals surface area contributed by atoms with Gasteiger partial charge in [0.15, 0.2) is 11.5 Å². The summed E-state index contributed by atoms with van der Waals surface area (Å²) in [6.45, 7) is 2.47. The standard InChI is InChI=1S/C22H17FINO4S/c1-3-9-25-21(26)19(30-22(25)27)12-15-10-17(24)20(18(11-15)28-4-2)29-13-14-5-7-16(23)8-6-14/h1,5-8,10-12H,4,9,13H2,2H3/b19-12+. The van der Waals surface area contributed by atoms with Gasteiger partial charge in [-0.05, 0) is 82.7 Å². The summed E-state index contributed by atoms with van der Waals surface area (Å²) in [6.07, 6.45) is 6.86. The van der Waals surface area contributed by atoms with E-state index in [1.807, 2.05) is 13.0 Å². The minimum Gasteiger partial charge on any atom is -0.490 e. The van der Waals surface area contributed by atoms with Crippen LogP contribution in [-0.4, -0.2) is 29.2 Å². The number of carbonyl (C=O) groups excluding carboxylic acids is 2. The number of ether oxygens (including phenoxy) is 2. The van der Waals surface area contributed by atoms with Crippen molar-refractivity contribution in [3.63, 3.8) is 0 Å². The van der Waals surface area contributed by atoms with E-state index in [1.165, 1.54) is 12.1 Å². The van der Waals surface area contributed by atoms with Crippen molar-refractivity contribution in [1.82, 2.24) is 4.90 Å².